The highest BCUT2D eigenvalue weighted by Crippen LogP contribution is 2.22. The van der Waals surface area contributed by atoms with E-state index in [0.717, 1.165) is 5.56 Å². The van der Waals surface area contributed by atoms with E-state index in [0.29, 0.717) is 22.1 Å². The van der Waals surface area contributed by atoms with E-state index in [2.05, 4.69) is 0 Å². The Hall–Kier alpha value is -0.730. The summed E-state index contributed by atoms with van der Waals surface area (Å²) in [5.41, 5.74) is 1.46. The average Bonchev–Trinajstić information content (AvgIpc) is 2.30. The van der Waals surface area contributed by atoms with Gasteiger partial charge in [-0.25, -0.2) is 0 Å². The number of aliphatic hydroxyl groups is 2. The molecule has 0 saturated carbocycles. The topological polar surface area (TPSA) is 64.2 Å². The number of nitrogens with zero attached hydrogens (tertiary/aromatic N) is 1. The molecule has 0 heterocycles. The Kier molecular flexibility index (Phi) is 5.64. The minimum atomic E-state index is -0.692. The maximum atomic E-state index is 9.14. The zero-order valence-corrected chi connectivity index (χ0v) is 10.1. The number of hydrogen-bond donors (Lipinski definition) is 2. The van der Waals surface area contributed by atoms with Crippen LogP contribution in [-0.4, -0.2) is 28.7 Å². The molecule has 5 heteroatoms. The number of rotatable bonds is 5. The van der Waals surface area contributed by atoms with Crippen LogP contribution >= 0.6 is 23.4 Å². The molecule has 2 N–H and O–H groups in total. The van der Waals surface area contributed by atoms with Crippen LogP contribution in [0.1, 0.15) is 11.1 Å². The average molecular weight is 258 g/mol. The van der Waals surface area contributed by atoms with Gasteiger partial charge in [0.15, 0.2) is 0 Å². The van der Waals surface area contributed by atoms with Gasteiger partial charge >= 0.3 is 0 Å². The molecule has 0 radical (unpaired) electrons. The predicted molar refractivity (Wildman–Crippen MR) is 65.4 cm³/mol. The lowest BCUT2D eigenvalue weighted by Gasteiger charge is -2.07. The molecular formula is C11H12ClNO2S. The largest absolute Gasteiger partial charge is 0.394 e. The predicted octanol–water partition coefficient (Wildman–Crippen LogP) is 1.80. The van der Waals surface area contributed by atoms with Crippen LogP contribution in [0, 0.1) is 11.3 Å². The number of aliphatic hydroxyl groups excluding tert-OH is 2. The van der Waals surface area contributed by atoms with Crippen LogP contribution < -0.4 is 0 Å². The third-order valence-corrected chi connectivity index (χ3v) is 3.45. The molecule has 1 atom stereocenters. The molecule has 0 saturated heterocycles. The minimum Gasteiger partial charge on any atom is -0.394 e. The Morgan fingerprint density at radius 3 is 2.81 bits per heavy atom. The van der Waals surface area contributed by atoms with Crippen LogP contribution in [0.15, 0.2) is 18.2 Å². The van der Waals surface area contributed by atoms with E-state index in [4.69, 9.17) is 27.1 Å². The number of hydrogen-bond acceptors (Lipinski definition) is 4. The van der Waals surface area contributed by atoms with Gasteiger partial charge in [0.2, 0.25) is 0 Å². The number of thioether (sulfide) groups is 1. The summed E-state index contributed by atoms with van der Waals surface area (Å²) < 4.78 is 0. The van der Waals surface area contributed by atoms with Crippen LogP contribution in [0.5, 0.6) is 0 Å². The Morgan fingerprint density at radius 1 is 1.50 bits per heavy atom. The van der Waals surface area contributed by atoms with Crippen LogP contribution in [0.2, 0.25) is 5.02 Å². The van der Waals surface area contributed by atoms with Gasteiger partial charge in [0.25, 0.3) is 0 Å². The van der Waals surface area contributed by atoms with Gasteiger partial charge in [-0.1, -0.05) is 17.7 Å². The van der Waals surface area contributed by atoms with Gasteiger partial charge in [0.1, 0.15) is 0 Å². The lowest BCUT2D eigenvalue weighted by atomic mass is 10.2. The van der Waals surface area contributed by atoms with Crippen molar-refractivity contribution in [3.63, 3.8) is 0 Å². The minimum absolute atomic E-state index is 0.228. The van der Waals surface area contributed by atoms with Crippen molar-refractivity contribution in [3.8, 4) is 6.07 Å². The molecule has 1 aromatic rings. The Bertz CT molecular complexity index is 392. The number of nitriles is 1. The van der Waals surface area contributed by atoms with Gasteiger partial charge in [-0.3, -0.25) is 0 Å². The van der Waals surface area contributed by atoms with Gasteiger partial charge in [-0.15, -0.1) is 0 Å². The van der Waals surface area contributed by atoms with Crippen LogP contribution in [0.3, 0.4) is 0 Å². The normalized spacial score (nSPS) is 12.1. The summed E-state index contributed by atoms with van der Waals surface area (Å²) in [6, 6.07) is 7.16. The van der Waals surface area contributed by atoms with E-state index in [-0.39, 0.29) is 6.61 Å². The van der Waals surface area contributed by atoms with Gasteiger partial charge < -0.3 is 10.2 Å². The van der Waals surface area contributed by atoms with Gasteiger partial charge in [0.05, 0.1) is 24.3 Å². The Morgan fingerprint density at radius 2 is 2.25 bits per heavy atom. The highest BCUT2D eigenvalue weighted by atomic mass is 35.5. The molecule has 16 heavy (non-hydrogen) atoms. The van der Waals surface area contributed by atoms with E-state index in [1.54, 1.807) is 18.2 Å². The lowest BCUT2D eigenvalue weighted by Crippen LogP contribution is -2.14. The molecule has 86 valence electrons. The third-order valence-electron chi connectivity index (χ3n) is 1.96. The monoisotopic (exact) mass is 257 g/mol. The maximum absolute atomic E-state index is 9.14. The Balaban J connectivity index is 2.52. The molecule has 0 amide bonds. The first-order valence-electron chi connectivity index (χ1n) is 4.72. The summed E-state index contributed by atoms with van der Waals surface area (Å²) in [5, 5.41) is 27.0. The second kappa shape index (κ2) is 6.77. The fourth-order valence-electron chi connectivity index (χ4n) is 1.09. The van der Waals surface area contributed by atoms with Gasteiger partial charge in [-0.05, 0) is 17.7 Å². The maximum Gasteiger partial charge on any atom is 0.0992 e. The van der Waals surface area contributed by atoms with E-state index in [1.807, 2.05) is 6.07 Å². The fraction of sp³-hybridized carbons (Fsp3) is 0.364. The first-order chi connectivity index (χ1) is 7.67. The highest BCUT2D eigenvalue weighted by molar-refractivity contribution is 7.98. The van der Waals surface area contributed by atoms with Crippen molar-refractivity contribution in [2.24, 2.45) is 0 Å². The summed E-state index contributed by atoms with van der Waals surface area (Å²) in [7, 11) is 0. The molecule has 0 spiro atoms. The molecule has 1 unspecified atom stereocenters. The molecule has 0 bridgehead atoms. The molecule has 0 aliphatic carbocycles. The summed E-state index contributed by atoms with van der Waals surface area (Å²) in [6.45, 7) is -0.228. The molecule has 0 aliphatic heterocycles. The SMILES string of the molecule is N#Cc1ccc(CSCC(O)CO)c(Cl)c1. The highest BCUT2D eigenvalue weighted by Gasteiger charge is 2.05. The van der Waals surface area contributed by atoms with E-state index < -0.39 is 6.10 Å². The van der Waals surface area contributed by atoms with Crippen molar-refractivity contribution in [1.82, 2.24) is 0 Å². The lowest BCUT2D eigenvalue weighted by molar-refractivity contribution is 0.113. The van der Waals surface area contributed by atoms with Crippen LogP contribution in [-0.2, 0) is 5.75 Å². The zero-order chi connectivity index (χ0) is 12.0. The fourth-order valence-corrected chi connectivity index (χ4v) is 2.39. The van der Waals surface area contributed by atoms with Crippen molar-refractivity contribution >= 4 is 23.4 Å². The van der Waals surface area contributed by atoms with Gasteiger partial charge in [-0.2, -0.15) is 17.0 Å². The molecule has 3 nitrogen and oxygen atoms in total. The van der Waals surface area contributed by atoms with E-state index >= 15 is 0 Å². The van der Waals surface area contributed by atoms with Crippen LogP contribution in [0.25, 0.3) is 0 Å². The second-order valence-corrected chi connectivity index (χ2v) is 4.71. The first-order valence-corrected chi connectivity index (χ1v) is 6.26. The van der Waals surface area contributed by atoms with Crippen molar-refractivity contribution in [1.29, 1.82) is 5.26 Å². The number of benzene rings is 1. The molecule has 0 aromatic heterocycles. The molecule has 1 rings (SSSR count). The smallest absolute Gasteiger partial charge is 0.0992 e. The van der Waals surface area contributed by atoms with Crippen molar-refractivity contribution in [2.45, 2.75) is 11.9 Å². The molecule has 0 aliphatic rings. The van der Waals surface area contributed by atoms with Crippen molar-refractivity contribution in [2.75, 3.05) is 12.4 Å². The molecule has 0 fully saturated rings. The third kappa shape index (κ3) is 4.03. The van der Waals surface area contributed by atoms with Crippen LogP contribution in [0.4, 0.5) is 0 Å². The zero-order valence-electron chi connectivity index (χ0n) is 8.56. The summed E-state index contributed by atoms with van der Waals surface area (Å²) in [5.74, 6) is 1.12. The van der Waals surface area contributed by atoms with Gasteiger partial charge in [0, 0.05) is 16.5 Å². The van der Waals surface area contributed by atoms with E-state index in [1.165, 1.54) is 11.8 Å². The molecular weight excluding hydrogens is 246 g/mol. The second-order valence-electron chi connectivity index (χ2n) is 3.27. The molecule has 1 aromatic carbocycles. The summed E-state index contributed by atoms with van der Waals surface area (Å²) in [6.07, 6.45) is -0.692. The Labute approximate surface area is 104 Å². The standard InChI is InChI=1S/C11H12ClNO2S/c12-11-3-8(4-13)1-2-9(11)6-16-7-10(15)5-14/h1-3,10,14-15H,5-7H2. The first kappa shape index (κ1) is 13.3. The summed E-state index contributed by atoms with van der Waals surface area (Å²) >= 11 is 7.47. The quantitative estimate of drug-likeness (QED) is 0.844. The summed E-state index contributed by atoms with van der Waals surface area (Å²) in [4.78, 5) is 0. The van der Waals surface area contributed by atoms with Crippen molar-refractivity contribution < 1.29 is 10.2 Å². The van der Waals surface area contributed by atoms with E-state index in [9.17, 15) is 0 Å². The van der Waals surface area contributed by atoms with Crippen molar-refractivity contribution in [3.05, 3.63) is 34.3 Å². The number of halogens is 1.